The van der Waals surface area contributed by atoms with Crippen molar-refractivity contribution in [2.24, 2.45) is 0 Å². The third-order valence-electron chi connectivity index (χ3n) is 7.47. The van der Waals surface area contributed by atoms with Crippen LogP contribution in [0.2, 0.25) is 5.02 Å². The van der Waals surface area contributed by atoms with Crippen LogP contribution in [0.25, 0.3) is 6.08 Å². The van der Waals surface area contributed by atoms with Gasteiger partial charge in [0.2, 0.25) is 0 Å². The minimum atomic E-state index is -5.24. The van der Waals surface area contributed by atoms with Crippen molar-refractivity contribution in [3.63, 3.8) is 0 Å². The smallest absolute Gasteiger partial charge is 0.467 e. The van der Waals surface area contributed by atoms with Gasteiger partial charge in [-0.2, -0.15) is 13.2 Å². The van der Waals surface area contributed by atoms with Gasteiger partial charge in [-0.05, 0) is 86.6 Å². The van der Waals surface area contributed by atoms with Crippen molar-refractivity contribution >= 4 is 57.0 Å². The number of amides is 1. The van der Waals surface area contributed by atoms with Crippen molar-refractivity contribution in [1.82, 2.24) is 0 Å². The van der Waals surface area contributed by atoms with E-state index in [1.165, 1.54) is 31.2 Å². The summed E-state index contributed by atoms with van der Waals surface area (Å²) in [7, 11) is 1.09. The highest BCUT2D eigenvalue weighted by Crippen LogP contribution is 2.57. The number of carbonyl (C=O) groups excluding carboxylic acids is 3. The summed E-state index contributed by atoms with van der Waals surface area (Å²) < 4.78 is 47.4. The highest BCUT2D eigenvalue weighted by molar-refractivity contribution is 9.11. The van der Waals surface area contributed by atoms with Crippen molar-refractivity contribution in [3.05, 3.63) is 68.2 Å². The molecule has 1 amide bonds. The van der Waals surface area contributed by atoms with Crippen molar-refractivity contribution in [2.75, 3.05) is 12.0 Å². The second kappa shape index (κ2) is 9.58. The zero-order chi connectivity index (χ0) is 27.3. The van der Waals surface area contributed by atoms with E-state index in [1.807, 2.05) is 25.1 Å². The second-order valence-electron chi connectivity index (χ2n) is 9.53. The Kier molecular flexibility index (Phi) is 7.09. The van der Waals surface area contributed by atoms with Gasteiger partial charge in [0.1, 0.15) is 5.54 Å². The fourth-order valence-corrected chi connectivity index (χ4v) is 6.70. The number of alkyl halides is 3. The summed E-state index contributed by atoms with van der Waals surface area (Å²) in [5, 5.41) is 0.118. The Hall–Kier alpha value is -2.65. The number of aryl methyl sites for hydroxylation is 1. The van der Waals surface area contributed by atoms with E-state index >= 15 is 0 Å². The molecule has 0 radical (unpaired) electrons. The minimum absolute atomic E-state index is 0.0962. The number of rotatable bonds is 4. The summed E-state index contributed by atoms with van der Waals surface area (Å²) in [6, 6.07) is 9.17. The molecule has 2 aliphatic carbocycles. The lowest BCUT2D eigenvalue weighted by atomic mass is 9.64. The fourth-order valence-electron chi connectivity index (χ4n) is 5.66. The number of ketones is 1. The van der Waals surface area contributed by atoms with Gasteiger partial charge >= 0.3 is 18.1 Å². The molecule has 1 saturated carbocycles. The monoisotopic (exact) mass is 597 g/mol. The number of fused-ring (bicyclic) bond motifs is 2. The summed E-state index contributed by atoms with van der Waals surface area (Å²) in [5.41, 5.74) is 0.428. The molecule has 10 heteroatoms. The fraction of sp³-hybridized carbons (Fsp3) is 0.370. The van der Waals surface area contributed by atoms with E-state index in [-0.39, 0.29) is 42.2 Å². The molecule has 0 atom stereocenters. The van der Waals surface area contributed by atoms with E-state index in [0.29, 0.717) is 10.5 Å². The Morgan fingerprint density at radius 2 is 1.73 bits per heavy atom. The number of benzene rings is 2. The molecule has 0 saturated heterocycles. The van der Waals surface area contributed by atoms with Crippen molar-refractivity contribution < 1.29 is 32.3 Å². The van der Waals surface area contributed by atoms with Gasteiger partial charge in [-0.1, -0.05) is 39.7 Å². The zero-order valence-electron chi connectivity index (χ0n) is 20.3. The van der Waals surface area contributed by atoms with Crippen molar-refractivity contribution in [2.45, 2.75) is 56.7 Å². The maximum atomic E-state index is 13.9. The number of halogens is 5. The normalized spacial score (nSPS) is 22.9. The molecule has 5 nitrogen and oxygen atoms in total. The highest BCUT2D eigenvalue weighted by Gasteiger charge is 2.59. The number of Topliss-reactive ketones (excluding diaryl/α,β-unsaturated/α-hetero) is 1. The molecule has 2 aromatic carbocycles. The Labute approximate surface area is 225 Å². The summed E-state index contributed by atoms with van der Waals surface area (Å²) in [4.78, 5) is 38.8. The summed E-state index contributed by atoms with van der Waals surface area (Å²) in [6.07, 6.45) is -3.07. The SMILES string of the molecule is COC(=O)C1(N(C(=O)C(F)(F)F)c2cccc(Cl)c2)CCC2(CC1)C(Br)=Cc1cc(C)c(C(C)=O)cc12. The molecule has 1 fully saturated rings. The summed E-state index contributed by atoms with van der Waals surface area (Å²) in [5.74, 6) is -3.21. The van der Waals surface area contributed by atoms with E-state index in [1.54, 1.807) is 0 Å². The lowest BCUT2D eigenvalue weighted by Gasteiger charge is -2.49. The average Bonchev–Trinajstić information content (AvgIpc) is 3.08. The molecule has 196 valence electrons. The number of ether oxygens (including phenoxy) is 1. The molecule has 0 unspecified atom stereocenters. The Morgan fingerprint density at radius 3 is 2.27 bits per heavy atom. The Bertz CT molecular complexity index is 1330. The number of hydrogen-bond donors (Lipinski definition) is 0. The third-order valence-corrected chi connectivity index (χ3v) is 8.69. The van der Waals surface area contributed by atoms with Gasteiger partial charge in [0.05, 0.1) is 7.11 Å². The summed E-state index contributed by atoms with van der Waals surface area (Å²) >= 11 is 9.71. The molecular weight excluding hydrogens is 575 g/mol. The summed E-state index contributed by atoms with van der Waals surface area (Å²) in [6.45, 7) is 3.33. The first-order chi connectivity index (χ1) is 17.3. The van der Waals surface area contributed by atoms with Gasteiger partial charge in [-0.15, -0.1) is 0 Å². The molecule has 0 heterocycles. The van der Waals surface area contributed by atoms with Crippen LogP contribution < -0.4 is 4.90 Å². The van der Waals surface area contributed by atoms with Crippen LogP contribution in [0.4, 0.5) is 18.9 Å². The van der Waals surface area contributed by atoms with Gasteiger partial charge in [-0.3, -0.25) is 14.5 Å². The van der Waals surface area contributed by atoms with Crippen LogP contribution in [0.1, 0.15) is 59.7 Å². The van der Waals surface area contributed by atoms with Crippen LogP contribution in [0, 0.1) is 6.92 Å². The molecule has 2 aromatic rings. The van der Waals surface area contributed by atoms with Crippen LogP contribution in [0.3, 0.4) is 0 Å². The largest absolute Gasteiger partial charge is 0.471 e. The second-order valence-corrected chi connectivity index (χ2v) is 10.8. The first-order valence-electron chi connectivity index (χ1n) is 11.6. The van der Waals surface area contributed by atoms with E-state index < -0.39 is 29.0 Å². The van der Waals surface area contributed by atoms with E-state index in [9.17, 15) is 27.6 Å². The van der Waals surface area contributed by atoms with Crippen LogP contribution in [0.15, 0.2) is 40.9 Å². The minimum Gasteiger partial charge on any atom is -0.467 e. The van der Waals surface area contributed by atoms with Crippen molar-refractivity contribution in [3.8, 4) is 0 Å². The maximum Gasteiger partial charge on any atom is 0.471 e. The van der Waals surface area contributed by atoms with Gasteiger partial charge in [-0.25, -0.2) is 4.79 Å². The van der Waals surface area contributed by atoms with Crippen LogP contribution in [-0.2, 0) is 19.7 Å². The molecule has 0 aromatic heterocycles. The number of hydrogen-bond acceptors (Lipinski definition) is 4. The van der Waals surface area contributed by atoms with Crippen LogP contribution in [0.5, 0.6) is 0 Å². The Balaban J connectivity index is 1.83. The van der Waals surface area contributed by atoms with E-state index in [0.717, 1.165) is 28.3 Å². The first kappa shape index (κ1) is 27.4. The van der Waals surface area contributed by atoms with Crippen molar-refractivity contribution in [1.29, 1.82) is 0 Å². The quantitative estimate of drug-likeness (QED) is 0.283. The third kappa shape index (κ3) is 4.50. The predicted molar refractivity (Wildman–Crippen MR) is 138 cm³/mol. The van der Waals surface area contributed by atoms with E-state index in [2.05, 4.69) is 15.9 Å². The average molecular weight is 599 g/mol. The molecule has 2 aliphatic rings. The predicted octanol–water partition coefficient (Wildman–Crippen LogP) is 6.92. The van der Waals surface area contributed by atoms with Crippen LogP contribution in [-0.4, -0.2) is 36.5 Å². The molecule has 0 N–H and O–H groups in total. The molecule has 0 aliphatic heterocycles. The van der Waals surface area contributed by atoms with Crippen LogP contribution >= 0.6 is 27.5 Å². The lowest BCUT2D eigenvalue weighted by Crippen LogP contribution is -2.63. The zero-order valence-corrected chi connectivity index (χ0v) is 22.7. The van der Waals surface area contributed by atoms with Gasteiger partial charge in [0.15, 0.2) is 5.78 Å². The molecule has 0 bridgehead atoms. The van der Waals surface area contributed by atoms with E-state index in [4.69, 9.17) is 16.3 Å². The van der Waals surface area contributed by atoms with Gasteiger partial charge < -0.3 is 4.74 Å². The number of esters is 1. The molecule has 1 spiro atoms. The lowest BCUT2D eigenvalue weighted by molar-refractivity contribution is -0.174. The van der Waals surface area contributed by atoms with Gasteiger partial charge in [0.25, 0.3) is 0 Å². The molecule has 37 heavy (non-hydrogen) atoms. The molecular formula is C27H24BrClF3NO4. The maximum absolute atomic E-state index is 13.9. The topological polar surface area (TPSA) is 63.7 Å². The first-order valence-corrected chi connectivity index (χ1v) is 12.7. The number of carbonyl (C=O) groups is 3. The molecule has 4 rings (SSSR count). The Morgan fingerprint density at radius 1 is 1.08 bits per heavy atom. The van der Waals surface area contributed by atoms with Gasteiger partial charge in [0, 0.05) is 26.2 Å². The number of anilines is 1. The number of allylic oxidation sites excluding steroid dienone is 1. The number of methoxy groups -OCH3 is 1. The highest BCUT2D eigenvalue weighted by atomic mass is 79.9. The standard InChI is InChI=1S/C27H24BrClF3NO4/c1-15-11-17-12-22(28)25(21(17)14-20(15)16(2)34)7-9-26(10-8-25,24(36)37-3)33(23(35)27(30,31)32)19-6-4-5-18(29)13-19/h4-6,11-14H,7-10H2,1-3H3. The number of nitrogens with zero attached hydrogens (tertiary/aromatic N) is 1.